The number of carbonyl (C=O) groups is 1. The van der Waals surface area contributed by atoms with Crippen LogP contribution in [0, 0.1) is 5.41 Å². The fraction of sp³-hybridized carbons (Fsp3) is 0.917. The van der Waals surface area contributed by atoms with E-state index >= 15 is 0 Å². The van der Waals surface area contributed by atoms with Crippen LogP contribution in [-0.4, -0.2) is 18.1 Å². The minimum absolute atomic E-state index is 0.00895. The molecule has 0 heterocycles. The van der Waals surface area contributed by atoms with E-state index in [1.165, 1.54) is 0 Å². The average Bonchev–Trinajstić information content (AvgIpc) is 2.01. The van der Waals surface area contributed by atoms with Crippen LogP contribution < -0.4 is 5.73 Å². The van der Waals surface area contributed by atoms with Gasteiger partial charge in [0.05, 0.1) is 12.5 Å². The first-order chi connectivity index (χ1) is 6.77. The van der Waals surface area contributed by atoms with E-state index in [0.29, 0.717) is 6.42 Å². The van der Waals surface area contributed by atoms with Gasteiger partial charge < -0.3 is 10.5 Å². The zero-order valence-electron chi connectivity index (χ0n) is 10.7. The van der Waals surface area contributed by atoms with Gasteiger partial charge in [-0.25, -0.2) is 0 Å². The van der Waals surface area contributed by atoms with Crippen molar-refractivity contribution in [3.63, 3.8) is 0 Å². The van der Waals surface area contributed by atoms with Crippen LogP contribution in [0.2, 0.25) is 0 Å². The van der Waals surface area contributed by atoms with Crippen molar-refractivity contribution < 1.29 is 9.53 Å². The lowest BCUT2D eigenvalue weighted by atomic mass is 9.85. The van der Waals surface area contributed by atoms with E-state index in [1.807, 2.05) is 27.7 Å². The fourth-order valence-corrected chi connectivity index (χ4v) is 1.22. The lowest BCUT2D eigenvalue weighted by molar-refractivity contribution is -0.149. The molecule has 3 heteroatoms. The first kappa shape index (κ1) is 14.4. The average molecular weight is 215 g/mol. The molecule has 0 aromatic carbocycles. The van der Waals surface area contributed by atoms with Crippen molar-refractivity contribution in [2.24, 2.45) is 11.1 Å². The summed E-state index contributed by atoms with van der Waals surface area (Å²) in [6, 6.07) is -0.140. The first-order valence-electron chi connectivity index (χ1n) is 5.72. The van der Waals surface area contributed by atoms with Gasteiger partial charge in [0.2, 0.25) is 0 Å². The van der Waals surface area contributed by atoms with E-state index in [0.717, 1.165) is 12.8 Å². The highest BCUT2D eigenvalue weighted by Crippen LogP contribution is 2.20. The molecule has 0 aromatic rings. The number of ether oxygens (including phenoxy) is 1. The van der Waals surface area contributed by atoms with Gasteiger partial charge in [0, 0.05) is 6.04 Å². The number of hydrogen-bond acceptors (Lipinski definition) is 3. The van der Waals surface area contributed by atoms with E-state index in [4.69, 9.17) is 10.5 Å². The van der Waals surface area contributed by atoms with Gasteiger partial charge in [-0.1, -0.05) is 34.1 Å². The van der Waals surface area contributed by atoms with E-state index in [9.17, 15) is 4.79 Å². The summed E-state index contributed by atoms with van der Waals surface area (Å²) in [6.07, 6.45) is 2.25. The molecule has 2 unspecified atom stereocenters. The predicted molar refractivity (Wildman–Crippen MR) is 62.5 cm³/mol. The molecule has 0 amide bonds. The summed E-state index contributed by atoms with van der Waals surface area (Å²) in [7, 11) is 0. The summed E-state index contributed by atoms with van der Waals surface area (Å²) in [5.41, 5.74) is 5.85. The zero-order valence-corrected chi connectivity index (χ0v) is 10.7. The molecule has 0 spiro atoms. The van der Waals surface area contributed by atoms with Crippen LogP contribution in [0.1, 0.15) is 53.9 Å². The second-order valence-electron chi connectivity index (χ2n) is 5.27. The summed E-state index contributed by atoms with van der Waals surface area (Å²) in [4.78, 5) is 11.5. The van der Waals surface area contributed by atoms with Crippen molar-refractivity contribution in [2.75, 3.05) is 0 Å². The smallest absolute Gasteiger partial charge is 0.307 e. The van der Waals surface area contributed by atoms with Gasteiger partial charge in [-0.15, -0.1) is 0 Å². The third-order valence-corrected chi connectivity index (χ3v) is 2.53. The van der Waals surface area contributed by atoms with Gasteiger partial charge in [-0.2, -0.15) is 0 Å². The highest BCUT2D eigenvalue weighted by Gasteiger charge is 2.24. The molecule has 0 rings (SSSR count). The monoisotopic (exact) mass is 215 g/mol. The number of rotatable bonds is 5. The molecular formula is C12H25NO2. The third-order valence-electron chi connectivity index (χ3n) is 2.53. The Labute approximate surface area is 93.4 Å². The van der Waals surface area contributed by atoms with Crippen molar-refractivity contribution in [3.8, 4) is 0 Å². The van der Waals surface area contributed by atoms with Crippen molar-refractivity contribution >= 4 is 5.97 Å². The Balaban J connectivity index is 3.94. The molecule has 3 nitrogen and oxygen atoms in total. The maximum Gasteiger partial charge on any atom is 0.307 e. The highest BCUT2D eigenvalue weighted by molar-refractivity contribution is 5.70. The minimum Gasteiger partial charge on any atom is -0.463 e. The number of carbonyl (C=O) groups excluding carboxylic acids is 1. The second kappa shape index (κ2) is 6.11. The molecule has 0 saturated heterocycles. The first-order valence-corrected chi connectivity index (χ1v) is 5.72. The molecule has 0 aliphatic carbocycles. The Morgan fingerprint density at radius 2 is 1.93 bits per heavy atom. The summed E-state index contributed by atoms with van der Waals surface area (Å²) >= 11 is 0. The van der Waals surface area contributed by atoms with Gasteiger partial charge in [0.1, 0.15) is 0 Å². The van der Waals surface area contributed by atoms with Crippen LogP contribution in [0.15, 0.2) is 0 Å². The Morgan fingerprint density at radius 3 is 2.33 bits per heavy atom. The summed E-state index contributed by atoms with van der Waals surface area (Å²) < 4.78 is 5.24. The summed E-state index contributed by atoms with van der Waals surface area (Å²) in [6.45, 7) is 10.1. The van der Waals surface area contributed by atoms with Crippen molar-refractivity contribution in [1.82, 2.24) is 0 Å². The molecule has 2 N–H and O–H groups in total. The molecule has 15 heavy (non-hydrogen) atoms. The maximum atomic E-state index is 11.5. The number of hydrogen-bond donors (Lipinski definition) is 1. The predicted octanol–water partition coefficient (Wildman–Crippen LogP) is 2.48. The molecule has 0 bridgehead atoms. The van der Waals surface area contributed by atoms with E-state index in [1.54, 1.807) is 0 Å². The van der Waals surface area contributed by atoms with Crippen molar-refractivity contribution in [3.05, 3.63) is 0 Å². The summed E-state index contributed by atoms with van der Waals surface area (Å²) in [5.74, 6) is -0.182. The van der Waals surface area contributed by atoms with E-state index in [2.05, 4.69) is 6.92 Å². The fourth-order valence-electron chi connectivity index (χ4n) is 1.22. The van der Waals surface area contributed by atoms with Crippen LogP contribution in [0.4, 0.5) is 0 Å². The largest absolute Gasteiger partial charge is 0.463 e. The molecule has 0 saturated carbocycles. The van der Waals surface area contributed by atoms with Crippen LogP contribution in [0.25, 0.3) is 0 Å². The quantitative estimate of drug-likeness (QED) is 0.717. The molecule has 2 atom stereocenters. The Bertz CT molecular complexity index is 196. The Kier molecular flexibility index (Phi) is 5.88. The van der Waals surface area contributed by atoms with Crippen LogP contribution in [0.3, 0.4) is 0 Å². The summed E-state index contributed by atoms with van der Waals surface area (Å²) in [5, 5.41) is 0. The van der Waals surface area contributed by atoms with Crippen LogP contribution >= 0.6 is 0 Å². The van der Waals surface area contributed by atoms with Crippen LogP contribution in [0.5, 0.6) is 0 Å². The zero-order chi connectivity index (χ0) is 12.1. The van der Waals surface area contributed by atoms with Gasteiger partial charge in [-0.3, -0.25) is 4.79 Å². The topological polar surface area (TPSA) is 52.3 Å². The Hall–Kier alpha value is -0.570. The van der Waals surface area contributed by atoms with Crippen LogP contribution in [-0.2, 0) is 9.53 Å². The standard InChI is InChI=1S/C12H25NO2/c1-6-7-9(2)15-11(14)8-10(13)12(3,4)5/h9-10H,6-8,13H2,1-5H3. The molecule has 0 radical (unpaired) electrons. The maximum absolute atomic E-state index is 11.5. The molecule has 90 valence electrons. The molecule has 0 fully saturated rings. The highest BCUT2D eigenvalue weighted by atomic mass is 16.5. The number of nitrogens with two attached hydrogens (primary N) is 1. The Morgan fingerprint density at radius 1 is 1.40 bits per heavy atom. The second-order valence-corrected chi connectivity index (χ2v) is 5.27. The lowest BCUT2D eigenvalue weighted by Gasteiger charge is -2.26. The minimum atomic E-state index is -0.182. The van der Waals surface area contributed by atoms with Gasteiger partial charge in [-0.05, 0) is 18.8 Å². The number of esters is 1. The third kappa shape index (κ3) is 6.50. The molecule has 0 aromatic heterocycles. The lowest BCUT2D eigenvalue weighted by Crippen LogP contribution is -2.37. The van der Waals surface area contributed by atoms with E-state index < -0.39 is 0 Å². The van der Waals surface area contributed by atoms with Gasteiger partial charge >= 0.3 is 5.97 Å². The van der Waals surface area contributed by atoms with Crippen molar-refractivity contribution in [1.29, 1.82) is 0 Å². The SMILES string of the molecule is CCCC(C)OC(=O)CC(N)C(C)(C)C. The molecule has 0 aliphatic heterocycles. The molecular weight excluding hydrogens is 190 g/mol. The normalized spacial score (nSPS) is 15.9. The van der Waals surface area contributed by atoms with Crippen molar-refractivity contribution in [2.45, 2.75) is 66.0 Å². The van der Waals surface area contributed by atoms with Gasteiger partial charge in [0.15, 0.2) is 0 Å². The van der Waals surface area contributed by atoms with Gasteiger partial charge in [0.25, 0.3) is 0 Å². The van der Waals surface area contributed by atoms with E-state index in [-0.39, 0.29) is 23.5 Å². The molecule has 0 aliphatic rings.